The maximum atomic E-state index is 4.64. The minimum atomic E-state index is 0.308. The lowest BCUT2D eigenvalue weighted by Gasteiger charge is -2.18. The molecule has 0 aliphatic heterocycles. The molecule has 24 heavy (non-hydrogen) atoms. The average molecular weight is 340 g/mol. The van der Waals surface area contributed by atoms with Gasteiger partial charge in [0, 0.05) is 28.9 Å². The summed E-state index contributed by atoms with van der Waals surface area (Å²) in [6.07, 6.45) is 4.30. The molecular formula is C19H24N4S. The van der Waals surface area contributed by atoms with E-state index in [1.54, 1.807) is 6.20 Å². The maximum Gasteiger partial charge on any atom is 0.191 e. The van der Waals surface area contributed by atoms with Crippen molar-refractivity contribution in [1.82, 2.24) is 15.6 Å². The van der Waals surface area contributed by atoms with Crippen LogP contribution in [0.5, 0.6) is 0 Å². The van der Waals surface area contributed by atoms with Crippen LogP contribution in [-0.4, -0.2) is 28.8 Å². The third-order valence-corrected chi connectivity index (χ3v) is 5.43. The fourth-order valence-electron chi connectivity index (χ4n) is 2.43. The van der Waals surface area contributed by atoms with Gasteiger partial charge in [-0.3, -0.25) is 4.98 Å². The Hall–Kier alpha value is -2.01. The zero-order valence-corrected chi connectivity index (χ0v) is 14.9. The number of hydrogen-bond acceptors (Lipinski definition) is 3. The monoisotopic (exact) mass is 340 g/mol. The highest BCUT2D eigenvalue weighted by Gasteiger charge is 2.43. The van der Waals surface area contributed by atoms with Crippen molar-refractivity contribution in [2.75, 3.05) is 13.1 Å². The molecule has 1 aliphatic carbocycles. The molecule has 0 bridgehead atoms. The van der Waals surface area contributed by atoms with E-state index in [0.29, 0.717) is 11.3 Å². The lowest BCUT2D eigenvalue weighted by Crippen LogP contribution is -2.41. The summed E-state index contributed by atoms with van der Waals surface area (Å²) in [5.41, 5.74) is 0.981. The van der Waals surface area contributed by atoms with Gasteiger partial charge in [0.1, 0.15) is 0 Å². The molecule has 1 aromatic heterocycles. The van der Waals surface area contributed by atoms with Crippen LogP contribution in [0, 0.1) is 0 Å². The summed E-state index contributed by atoms with van der Waals surface area (Å²) in [5.74, 6) is 0.864. The Morgan fingerprint density at radius 2 is 1.92 bits per heavy atom. The molecule has 0 atom stereocenters. The number of nitrogens with one attached hydrogen (secondary N) is 2. The van der Waals surface area contributed by atoms with E-state index in [2.05, 4.69) is 57.9 Å². The Morgan fingerprint density at radius 3 is 2.58 bits per heavy atom. The quantitative estimate of drug-likeness (QED) is 0.599. The highest BCUT2D eigenvalue weighted by atomic mass is 32.2. The molecule has 0 radical (unpaired) electrons. The molecule has 0 spiro atoms. The molecule has 1 fully saturated rings. The van der Waals surface area contributed by atoms with Gasteiger partial charge in [-0.25, -0.2) is 4.99 Å². The highest BCUT2D eigenvalue weighted by molar-refractivity contribution is 8.01. The minimum Gasteiger partial charge on any atom is -0.357 e. The van der Waals surface area contributed by atoms with Crippen LogP contribution in [0.2, 0.25) is 0 Å². The molecule has 5 heteroatoms. The van der Waals surface area contributed by atoms with Crippen molar-refractivity contribution in [2.24, 2.45) is 4.99 Å². The number of hydrogen-bond donors (Lipinski definition) is 2. The average Bonchev–Trinajstić information content (AvgIpc) is 3.39. The maximum absolute atomic E-state index is 4.64. The van der Waals surface area contributed by atoms with E-state index in [4.69, 9.17) is 0 Å². The molecule has 126 valence electrons. The Bertz CT molecular complexity index is 654. The van der Waals surface area contributed by atoms with E-state index in [1.807, 2.05) is 30.0 Å². The highest BCUT2D eigenvalue weighted by Crippen LogP contribution is 2.51. The van der Waals surface area contributed by atoms with Crippen molar-refractivity contribution in [2.45, 2.75) is 36.0 Å². The van der Waals surface area contributed by atoms with Gasteiger partial charge in [0.25, 0.3) is 0 Å². The van der Waals surface area contributed by atoms with Gasteiger partial charge >= 0.3 is 0 Å². The smallest absolute Gasteiger partial charge is 0.191 e. The van der Waals surface area contributed by atoms with Crippen LogP contribution in [0.4, 0.5) is 0 Å². The molecular weight excluding hydrogens is 316 g/mol. The predicted octanol–water partition coefficient (Wildman–Crippen LogP) is 3.46. The zero-order chi connectivity index (χ0) is 16.7. The topological polar surface area (TPSA) is 49.3 Å². The number of benzene rings is 1. The van der Waals surface area contributed by atoms with Crippen LogP contribution >= 0.6 is 11.8 Å². The number of aromatic nitrogens is 1. The van der Waals surface area contributed by atoms with Crippen molar-refractivity contribution in [3.63, 3.8) is 0 Å². The third kappa shape index (κ3) is 4.99. The Morgan fingerprint density at radius 1 is 1.12 bits per heavy atom. The Labute approximate surface area is 148 Å². The first-order valence-electron chi connectivity index (χ1n) is 8.46. The van der Waals surface area contributed by atoms with Crippen molar-refractivity contribution in [3.8, 4) is 0 Å². The summed E-state index contributed by atoms with van der Waals surface area (Å²) in [7, 11) is 0. The van der Waals surface area contributed by atoms with Crippen LogP contribution in [0.1, 0.15) is 25.5 Å². The van der Waals surface area contributed by atoms with Gasteiger partial charge < -0.3 is 10.6 Å². The summed E-state index contributed by atoms with van der Waals surface area (Å²) >= 11 is 1.97. The SMILES string of the molecule is CCNC(=NCc1ccccn1)NCC1(Sc2ccccc2)CC1. The molecule has 0 unspecified atom stereocenters. The molecule has 1 aliphatic rings. The first-order valence-corrected chi connectivity index (χ1v) is 9.27. The summed E-state index contributed by atoms with van der Waals surface area (Å²) in [4.78, 5) is 10.3. The van der Waals surface area contributed by atoms with Crippen molar-refractivity contribution < 1.29 is 0 Å². The van der Waals surface area contributed by atoms with Crippen molar-refractivity contribution in [1.29, 1.82) is 0 Å². The van der Waals surface area contributed by atoms with E-state index in [9.17, 15) is 0 Å². The molecule has 1 aromatic carbocycles. The lowest BCUT2D eigenvalue weighted by molar-refractivity contribution is 0.767. The second-order valence-corrected chi connectivity index (χ2v) is 7.51. The van der Waals surface area contributed by atoms with Gasteiger partial charge in [-0.05, 0) is 44.0 Å². The van der Waals surface area contributed by atoms with Gasteiger partial charge in [0.05, 0.1) is 12.2 Å². The summed E-state index contributed by atoms with van der Waals surface area (Å²) in [5, 5.41) is 6.82. The second kappa shape index (κ2) is 8.20. The van der Waals surface area contributed by atoms with Crippen LogP contribution in [-0.2, 0) is 6.54 Å². The van der Waals surface area contributed by atoms with Crippen LogP contribution in [0.15, 0.2) is 64.6 Å². The summed E-state index contributed by atoms with van der Waals surface area (Å²) < 4.78 is 0.308. The molecule has 4 nitrogen and oxygen atoms in total. The first-order chi connectivity index (χ1) is 11.8. The number of aliphatic imine (C=N–C) groups is 1. The van der Waals surface area contributed by atoms with Crippen LogP contribution in [0.3, 0.4) is 0 Å². The predicted molar refractivity (Wildman–Crippen MR) is 101 cm³/mol. The number of rotatable bonds is 7. The fraction of sp³-hybridized carbons (Fsp3) is 0.368. The number of thioether (sulfide) groups is 1. The van der Waals surface area contributed by atoms with Gasteiger partial charge in [0.2, 0.25) is 0 Å². The summed E-state index contributed by atoms with van der Waals surface area (Å²) in [6, 6.07) is 16.6. The molecule has 0 amide bonds. The van der Waals surface area contributed by atoms with Gasteiger partial charge in [-0.15, -0.1) is 11.8 Å². The van der Waals surface area contributed by atoms with Crippen molar-refractivity contribution >= 4 is 17.7 Å². The van der Waals surface area contributed by atoms with Crippen LogP contribution in [0.25, 0.3) is 0 Å². The lowest BCUT2D eigenvalue weighted by atomic mass is 10.3. The second-order valence-electron chi connectivity index (χ2n) is 5.97. The molecule has 1 heterocycles. The number of nitrogens with zero attached hydrogens (tertiary/aromatic N) is 2. The summed E-state index contributed by atoms with van der Waals surface area (Å²) in [6.45, 7) is 4.46. The van der Waals surface area contributed by atoms with E-state index in [1.165, 1.54) is 17.7 Å². The molecule has 2 aromatic rings. The van der Waals surface area contributed by atoms with Crippen molar-refractivity contribution in [3.05, 3.63) is 60.4 Å². The minimum absolute atomic E-state index is 0.308. The standard InChI is InChI=1S/C19H24N4S/c1-2-20-18(22-14-16-8-6-7-13-21-16)23-15-19(11-12-19)24-17-9-4-3-5-10-17/h3-10,13H,2,11-12,14-15H2,1H3,(H2,20,22,23). The van der Waals surface area contributed by atoms with E-state index < -0.39 is 0 Å². The molecule has 0 saturated heterocycles. The zero-order valence-electron chi connectivity index (χ0n) is 14.0. The van der Waals surface area contributed by atoms with E-state index >= 15 is 0 Å². The van der Waals surface area contributed by atoms with E-state index in [0.717, 1.165) is 24.7 Å². The fourth-order valence-corrected chi connectivity index (χ4v) is 3.67. The van der Waals surface area contributed by atoms with Gasteiger partial charge in [0.15, 0.2) is 5.96 Å². The van der Waals surface area contributed by atoms with E-state index in [-0.39, 0.29) is 0 Å². The molecule has 1 saturated carbocycles. The largest absolute Gasteiger partial charge is 0.357 e. The Balaban J connectivity index is 1.56. The molecule has 3 rings (SSSR count). The van der Waals surface area contributed by atoms with Crippen LogP contribution < -0.4 is 10.6 Å². The first kappa shape index (κ1) is 16.8. The number of guanidine groups is 1. The number of pyridine rings is 1. The Kier molecular flexibility index (Phi) is 5.75. The van der Waals surface area contributed by atoms with Gasteiger partial charge in [-0.2, -0.15) is 0 Å². The van der Waals surface area contributed by atoms with Gasteiger partial charge in [-0.1, -0.05) is 24.3 Å². The molecule has 2 N–H and O–H groups in total. The normalized spacial score (nSPS) is 15.8. The third-order valence-electron chi connectivity index (χ3n) is 3.93.